The van der Waals surface area contributed by atoms with Crippen molar-refractivity contribution in [3.05, 3.63) is 17.8 Å². The first-order chi connectivity index (χ1) is 9.63. The molecule has 0 bridgehead atoms. The number of methoxy groups -OCH3 is 1. The van der Waals surface area contributed by atoms with E-state index >= 15 is 0 Å². The Morgan fingerprint density at radius 3 is 2.40 bits per heavy atom. The Labute approximate surface area is 122 Å². The lowest BCUT2D eigenvalue weighted by Gasteiger charge is -2.36. The molecule has 1 fully saturated rings. The molecule has 2 rings (SSSR count). The first-order valence-electron chi connectivity index (χ1n) is 7.75. The highest BCUT2D eigenvalue weighted by Crippen LogP contribution is 2.39. The van der Waals surface area contributed by atoms with Crippen molar-refractivity contribution in [1.82, 2.24) is 15.5 Å². The van der Waals surface area contributed by atoms with E-state index in [4.69, 9.17) is 4.74 Å². The van der Waals surface area contributed by atoms with E-state index < -0.39 is 0 Å². The van der Waals surface area contributed by atoms with Crippen molar-refractivity contribution < 1.29 is 4.74 Å². The van der Waals surface area contributed by atoms with Gasteiger partial charge in [-0.2, -0.15) is 5.10 Å². The molecule has 1 aliphatic rings. The van der Waals surface area contributed by atoms with Crippen LogP contribution in [-0.2, 0) is 0 Å². The molecule has 4 heteroatoms. The maximum atomic E-state index is 5.09. The highest BCUT2D eigenvalue weighted by Gasteiger charge is 2.31. The lowest BCUT2D eigenvalue weighted by molar-refractivity contribution is 0.175. The summed E-state index contributed by atoms with van der Waals surface area (Å²) in [6, 6.07) is 4.26. The van der Waals surface area contributed by atoms with Crippen molar-refractivity contribution in [2.45, 2.75) is 46.1 Å². The van der Waals surface area contributed by atoms with E-state index in [1.54, 1.807) is 7.11 Å². The molecule has 1 aliphatic carbocycles. The molecule has 0 aliphatic heterocycles. The molecule has 0 radical (unpaired) electrons. The quantitative estimate of drug-likeness (QED) is 0.897. The lowest BCUT2D eigenvalue weighted by atomic mass is 9.73. The van der Waals surface area contributed by atoms with Gasteiger partial charge in [-0.15, -0.1) is 5.10 Å². The van der Waals surface area contributed by atoms with Crippen molar-refractivity contribution in [1.29, 1.82) is 0 Å². The van der Waals surface area contributed by atoms with Gasteiger partial charge in [0, 0.05) is 6.07 Å². The van der Waals surface area contributed by atoms with Crippen LogP contribution in [0.3, 0.4) is 0 Å². The summed E-state index contributed by atoms with van der Waals surface area (Å²) < 4.78 is 5.09. The highest BCUT2D eigenvalue weighted by molar-refractivity contribution is 5.15. The third-order valence-electron chi connectivity index (χ3n) is 4.30. The van der Waals surface area contributed by atoms with Gasteiger partial charge in [-0.05, 0) is 49.6 Å². The number of nitrogens with one attached hydrogen (secondary N) is 1. The third kappa shape index (κ3) is 3.69. The summed E-state index contributed by atoms with van der Waals surface area (Å²) in [4.78, 5) is 0. The smallest absolute Gasteiger partial charge is 0.233 e. The molecular formula is C16H27N3O. The molecule has 4 nitrogen and oxygen atoms in total. The van der Waals surface area contributed by atoms with E-state index in [1.165, 1.54) is 19.3 Å². The Hall–Kier alpha value is -1.16. The SMILES string of the molecule is CCNC(c1ccc(OC)nn1)C1CC(C)CC(C)C1. The van der Waals surface area contributed by atoms with Gasteiger partial charge in [0.1, 0.15) is 0 Å². The zero-order chi connectivity index (χ0) is 14.5. The summed E-state index contributed by atoms with van der Waals surface area (Å²) in [6.07, 6.45) is 3.90. The second kappa shape index (κ2) is 7.02. The highest BCUT2D eigenvalue weighted by atomic mass is 16.5. The van der Waals surface area contributed by atoms with Gasteiger partial charge < -0.3 is 10.1 Å². The van der Waals surface area contributed by atoms with Gasteiger partial charge in [0.25, 0.3) is 0 Å². The van der Waals surface area contributed by atoms with Crippen molar-refractivity contribution >= 4 is 0 Å². The number of hydrogen-bond acceptors (Lipinski definition) is 4. The predicted molar refractivity (Wildman–Crippen MR) is 80.7 cm³/mol. The van der Waals surface area contributed by atoms with Crippen LogP contribution in [0.25, 0.3) is 0 Å². The largest absolute Gasteiger partial charge is 0.480 e. The molecule has 20 heavy (non-hydrogen) atoms. The van der Waals surface area contributed by atoms with Crippen molar-refractivity contribution in [2.75, 3.05) is 13.7 Å². The fourth-order valence-electron chi connectivity index (χ4n) is 3.62. The zero-order valence-electron chi connectivity index (χ0n) is 13.1. The third-order valence-corrected chi connectivity index (χ3v) is 4.30. The molecule has 0 aromatic carbocycles. The van der Waals surface area contributed by atoms with E-state index in [1.807, 2.05) is 12.1 Å². The molecule has 1 saturated carbocycles. The van der Waals surface area contributed by atoms with Crippen LogP contribution in [-0.4, -0.2) is 23.9 Å². The maximum Gasteiger partial charge on any atom is 0.233 e. The van der Waals surface area contributed by atoms with Gasteiger partial charge in [-0.3, -0.25) is 0 Å². The van der Waals surface area contributed by atoms with Gasteiger partial charge in [0.05, 0.1) is 18.8 Å². The topological polar surface area (TPSA) is 47.0 Å². The van der Waals surface area contributed by atoms with Gasteiger partial charge in [-0.1, -0.05) is 20.8 Å². The number of rotatable bonds is 5. The molecule has 0 amide bonds. The minimum absolute atomic E-state index is 0.309. The van der Waals surface area contributed by atoms with Gasteiger partial charge in [0.2, 0.25) is 5.88 Å². The fraction of sp³-hybridized carbons (Fsp3) is 0.750. The van der Waals surface area contributed by atoms with Crippen LogP contribution in [0.4, 0.5) is 0 Å². The van der Waals surface area contributed by atoms with E-state index in [9.17, 15) is 0 Å². The summed E-state index contributed by atoms with van der Waals surface area (Å²) in [7, 11) is 1.62. The summed E-state index contributed by atoms with van der Waals surface area (Å²) in [5.74, 6) is 2.83. The standard InChI is InChI=1S/C16H27N3O/c1-5-17-16(13-9-11(2)8-12(3)10-13)14-6-7-15(20-4)19-18-14/h6-7,11-13,16-17H,5,8-10H2,1-4H3. The molecule has 1 N–H and O–H groups in total. The predicted octanol–water partition coefficient (Wildman–Crippen LogP) is 3.21. The molecule has 0 saturated heterocycles. The van der Waals surface area contributed by atoms with E-state index in [0.717, 1.165) is 24.1 Å². The fourth-order valence-corrected chi connectivity index (χ4v) is 3.62. The van der Waals surface area contributed by atoms with Crippen LogP contribution in [0.15, 0.2) is 12.1 Å². The Bertz CT molecular complexity index is 397. The molecule has 1 aromatic heterocycles. The van der Waals surface area contributed by atoms with Crippen LogP contribution in [0.1, 0.15) is 51.8 Å². The molecule has 3 atom stereocenters. The number of aromatic nitrogens is 2. The van der Waals surface area contributed by atoms with Crippen LogP contribution in [0.5, 0.6) is 5.88 Å². The van der Waals surface area contributed by atoms with Crippen LogP contribution in [0.2, 0.25) is 0 Å². The minimum Gasteiger partial charge on any atom is -0.480 e. The second-order valence-corrected chi connectivity index (χ2v) is 6.21. The molecular weight excluding hydrogens is 250 g/mol. The van der Waals surface area contributed by atoms with E-state index in [0.29, 0.717) is 17.8 Å². The molecule has 3 unspecified atom stereocenters. The molecule has 1 aromatic rings. The Balaban J connectivity index is 2.16. The van der Waals surface area contributed by atoms with Crippen molar-refractivity contribution in [2.24, 2.45) is 17.8 Å². The number of nitrogens with zero attached hydrogens (tertiary/aromatic N) is 2. The Morgan fingerprint density at radius 2 is 1.90 bits per heavy atom. The van der Waals surface area contributed by atoms with Gasteiger partial charge in [-0.25, -0.2) is 0 Å². The molecule has 0 spiro atoms. The second-order valence-electron chi connectivity index (χ2n) is 6.21. The van der Waals surface area contributed by atoms with Gasteiger partial charge in [0.15, 0.2) is 0 Å². The summed E-state index contributed by atoms with van der Waals surface area (Å²) >= 11 is 0. The van der Waals surface area contributed by atoms with E-state index in [2.05, 4.69) is 36.3 Å². The normalized spacial score (nSPS) is 28.1. The minimum atomic E-state index is 0.309. The van der Waals surface area contributed by atoms with Crippen LogP contribution < -0.4 is 10.1 Å². The molecule has 112 valence electrons. The monoisotopic (exact) mass is 277 g/mol. The average molecular weight is 277 g/mol. The lowest BCUT2D eigenvalue weighted by Crippen LogP contribution is -2.34. The Kier molecular flexibility index (Phi) is 5.35. The van der Waals surface area contributed by atoms with E-state index in [-0.39, 0.29) is 0 Å². The zero-order valence-corrected chi connectivity index (χ0v) is 13.1. The van der Waals surface area contributed by atoms with Crippen molar-refractivity contribution in [3.8, 4) is 5.88 Å². The molecule has 1 heterocycles. The Morgan fingerprint density at radius 1 is 1.20 bits per heavy atom. The summed E-state index contributed by atoms with van der Waals surface area (Å²) in [5, 5.41) is 12.1. The maximum absolute atomic E-state index is 5.09. The first kappa shape index (κ1) is 15.2. The van der Waals surface area contributed by atoms with Gasteiger partial charge >= 0.3 is 0 Å². The summed E-state index contributed by atoms with van der Waals surface area (Å²) in [6.45, 7) is 7.84. The first-order valence-corrected chi connectivity index (χ1v) is 7.75. The van der Waals surface area contributed by atoms with Crippen LogP contribution >= 0.6 is 0 Å². The number of hydrogen-bond donors (Lipinski definition) is 1. The average Bonchev–Trinajstić information content (AvgIpc) is 2.44. The van der Waals surface area contributed by atoms with Crippen LogP contribution in [0, 0.1) is 17.8 Å². The summed E-state index contributed by atoms with van der Waals surface area (Å²) in [5.41, 5.74) is 1.04. The van der Waals surface area contributed by atoms with Crippen molar-refractivity contribution in [3.63, 3.8) is 0 Å². The number of ether oxygens (including phenoxy) is 1.